The molecule has 22 heavy (non-hydrogen) atoms. The van der Waals surface area contributed by atoms with Gasteiger partial charge >= 0.3 is 0 Å². The zero-order valence-corrected chi connectivity index (χ0v) is 12.3. The maximum Gasteiger partial charge on any atom is 0.281 e. The Bertz CT molecular complexity index is 720. The molecule has 0 fully saturated rings. The van der Waals surface area contributed by atoms with Gasteiger partial charge in [0.25, 0.3) is 11.8 Å². The van der Waals surface area contributed by atoms with E-state index in [2.05, 4.69) is 10.3 Å². The van der Waals surface area contributed by atoms with Gasteiger partial charge in [-0.05, 0) is 12.1 Å². The van der Waals surface area contributed by atoms with Gasteiger partial charge in [-0.2, -0.15) is 0 Å². The van der Waals surface area contributed by atoms with Crippen LogP contribution in [0.5, 0.6) is 0 Å². The van der Waals surface area contributed by atoms with Crippen molar-refractivity contribution in [2.45, 2.75) is 6.42 Å². The van der Waals surface area contributed by atoms with Crippen LogP contribution in [0.25, 0.3) is 10.9 Å². The lowest BCUT2D eigenvalue weighted by Gasteiger charge is -2.06. The molecule has 0 radical (unpaired) electrons. The Morgan fingerprint density at radius 2 is 2.05 bits per heavy atom. The van der Waals surface area contributed by atoms with Crippen LogP contribution in [0.15, 0.2) is 30.3 Å². The van der Waals surface area contributed by atoms with Crippen LogP contribution < -0.4 is 10.8 Å². The molecule has 5 N–H and O–H groups in total. The molecule has 114 valence electrons. The predicted molar refractivity (Wildman–Crippen MR) is 85.5 cm³/mol. The number of para-hydroxylation sites is 1. The van der Waals surface area contributed by atoms with E-state index in [4.69, 9.17) is 22.8 Å². The summed E-state index contributed by atoms with van der Waals surface area (Å²) in [5, 5.41) is 19.6. The number of fused-ring (bicyclic) bond motifs is 1. The fraction of sp³-hybridized carbons (Fsp3) is 0.143. The van der Waals surface area contributed by atoms with Gasteiger partial charge in [0.15, 0.2) is 0 Å². The highest BCUT2D eigenvalue weighted by Gasteiger charge is 2.13. The number of carbonyl (C=O) groups excluding carboxylic acids is 2. The monoisotopic (exact) mass is 318 g/mol. The molecular formula is C14H14N4O3S. The van der Waals surface area contributed by atoms with Crippen molar-refractivity contribution in [2.24, 2.45) is 0 Å². The van der Waals surface area contributed by atoms with Crippen molar-refractivity contribution in [1.82, 2.24) is 15.8 Å². The van der Waals surface area contributed by atoms with Crippen LogP contribution in [0.3, 0.4) is 0 Å². The third-order valence-corrected chi connectivity index (χ3v) is 3.30. The molecule has 0 spiro atoms. The first-order valence-electron chi connectivity index (χ1n) is 6.40. The second kappa shape index (κ2) is 6.92. The van der Waals surface area contributed by atoms with Crippen molar-refractivity contribution in [3.8, 4) is 0 Å². The van der Waals surface area contributed by atoms with Gasteiger partial charge in [-0.15, -0.1) is 0 Å². The van der Waals surface area contributed by atoms with Crippen LogP contribution in [0.4, 0.5) is 0 Å². The van der Waals surface area contributed by atoms with Gasteiger partial charge in [0.2, 0.25) is 0 Å². The van der Waals surface area contributed by atoms with Gasteiger partial charge in [-0.3, -0.25) is 14.8 Å². The Labute approximate surface area is 131 Å². The lowest BCUT2D eigenvalue weighted by molar-refractivity contribution is -0.122. The number of carbonyl (C=O) groups is 2. The van der Waals surface area contributed by atoms with Crippen LogP contribution >= 0.6 is 12.2 Å². The number of rotatable bonds is 6. The first-order chi connectivity index (χ1) is 10.5. The fourth-order valence-electron chi connectivity index (χ4n) is 1.88. The van der Waals surface area contributed by atoms with Gasteiger partial charge in [0.1, 0.15) is 5.69 Å². The van der Waals surface area contributed by atoms with Crippen molar-refractivity contribution in [2.75, 3.05) is 6.54 Å². The van der Waals surface area contributed by atoms with Crippen LogP contribution in [0.1, 0.15) is 16.9 Å². The number of aromatic amines is 1. The van der Waals surface area contributed by atoms with E-state index < -0.39 is 5.91 Å². The molecule has 8 heteroatoms. The minimum absolute atomic E-state index is 0.0347. The smallest absolute Gasteiger partial charge is 0.281 e. The molecular weight excluding hydrogens is 304 g/mol. The standard InChI is InChI=1S/C14H14N4O3S/c15-9(6-12(22)14(20)18-21)7-16-13(19)11-5-8-3-1-2-4-10(8)17-11/h1-5,15,17,21H,6-7H2,(H,16,19)(H,18,20). The number of hydroxylamine groups is 1. The molecule has 0 aliphatic rings. The lowest BCUT2D eigenvalue weighted by atomic mass is 10.2. The number of amides is 2. The second-order valence-electron chi connectivity index (χ2n) is 4.60. The Morgan fingerprint density at radius 1 is 1.32 bits per heavy atom. The molecule has 0 atom stereocenters. The van der Waals surface area contributed by atoms with E-state index >= 15 is 0 Å². The van der Waals surface area contributed by atoms with Gasteiger partial charge < -0.3 is 15.7 Å². The number of aromatic nitrogens is 1. The molecule has 0 aliphatic carbocycles. The Balaban J connectivity index is 1.91. The first-order valence-corrected chi connectivity index (χ1v) is 6.81. The molecule has 1 aromatic carbocycles. The van der Waals surface area contributed by atoms with Crippen LogP contribution in [0.2, 0.25) is 0 Å². The summed E-state index contributed by atoms with van der Waals surface area (Å²) in [6.45, 7) is -0.0347. The summed E-state index contributed by atoms with van der Waals surface area (Å²) in [4.78, 5) is 25.9. The molecule has 0 aliphatic heterocycles. The molecule has 7 nitrogen and oxygen atoms in total. The summed E-state index contributed by atoms with van der Waals surface area (Å²) in [5.41, 5.74) is 2.72. The summed E-state index contributed by atoms with van der Waals surface area (Å²) in [5.74, 6) is -1.17. The average molecular weight is 318 g/mol. The van der Waals surface area contributed by atoms with E-state index in [-0.39, 0.29) is 29.4 Å². The van der Waals surface area contributed by atoms with E-state index in [1.165, 1.54) is 5.48 Å². The van der Waals surface area contributed by atoms with Gasteiger partial charge in [-0.25, -0.2) is 5.48 Å². The number of hydrogen-bond acceptors (Lipinski definition) is 5. The Hall–Kier alpha value is -2.58. The molecule has 2 amide bonds. The fourth-order valence-corrected chi connectivity index (χ4v) is 2.10. The van der Waals surface area contributed by atoms with Crippen LogP contribution in [-0.2, 0) is 4.79 Å². The third-order valence-electron chi connectivity index (χ3n) is 2.97. The number of H-pyrrole nitrogens is 1. The maximum absolute atomic E-state index is 12.0. The highest BCUT2D eigenvalue weighted by atomic mass is 32.1. The number of thiocarbonyl (C=S) groups is 1. The maximum atomic E-state index is 12.0. The molecule has 0 bridgehead atoms. The quantitative estimate of drug-likeness (QED) is 0.238. The second-order valence-corrected chi connectivity index (χ2v) is 5.09. The molecule has 2 aromatic rings. The van der Waals surface area contributed by atoms with Crippen LogP contribution in [0, 0.1) is 5.41 Å². The van der Waals surface area contributed by atoms with Crippen molar-refractivity contribution < 1.29 is 14.8 Å². The Morgan fingerprint density at radius 3 is 2.73 bits per heavy atom. The van der Waals surface area contributed by atoms with Crippen molar-refractivity contribution in [1.29, 1.82) is 5.41 Å². The average Bonchev–Trinajstić information content (AvgIpc) is 2.95. The summed E-state index contributed by atoms with van der Waals surface area (Å²) in [7, 11) is 0. The summed E-state index contributed by atoms with van der Waals surface area (Å²) in [6.07, 6.45) is -0.102. The zero-order valence-electron chi connectivity index (χ0n) is 11.5. The highest BCUT2D eigenvalue weighted by Crippen LogP contribution is 2.14. The normalized spacial score (nSPS) is 10.2. The SMILES string of the molecule is N=C(CNC(=O)c1cc2ccccc2[nH]1)CC(=S)C(=O)NO. The van der Waals surface area contributed by atoms with Gasteiger partial charge in [0, 0.05) is 23.0 Å². The minimum atomic E-state index is -0.818. The highest BCUT2D eigenvalue weighted by molar-refractivity contribution is 7.82. The van der Waals surface area contributed by atoms with Crippen molar-refractivity contribution in [3.05, 3.63) is 36.0 Å². The molecule has 0 unspecified atom stereocenters. The summed E-state index contributed by atoms with van der Waals surface area (Å²) >= 11 is 4.74. The molecule has 2 rings (SSSR count). The van der Waals surface area contributed by atoms with E-state index in [1.807, 2.05) is 24.3 Å². The third kappa shape index (κ3) is 3.74. The molecule has 0 saturated carbocycles. The van der Waals surface area contributed by atoms with Crippen molar-refractivity contribution >= 4 is 45.5 Å². The predicted octanol–water partition coefficient (Wildman–Crippen LogP) is 1.18. The van der Waals surface area contributed by atoms with Gasteiger partial charge in [-0.1, -0.05) is 30.4 Å². The minimum Gasteiger partial charge on any atom is -0.351 e. The summed E-state index contributed by atoms with van der Waals surface area (Å²) < 4.78 is 0. The Kier molecular flexibility index (Phi) is 4.97. The van der Waals surface area contributed by atoms with Crippen molar-refractivity contribution in [3.63, 3.8) is 0 Å². The van der Waals surface area contributed by atoms with E-state index in [1.54, 1.807) is 6.07 Å². The van der Waals surface area contributed by atoms with E-state index in [0.717, 1.165) is 10.9 Å². The van der Waals surface area contributed by atoms with E-state index in [9.17, 15) is 9.59 Å². The number of hydrogen-bond donors (Lipinski definition) is 5. The number of nitrogens with one attached hydrogen (secondary N) is 4. The first kappa shape index (κ1) is 15.8. The van der Waals surface area contributed by atoms with E-state index in [0.29, 0.717) is 5.69 Å². The largest absolute Gasteiger partial charge is 0.351 e. The van der Waals surface area contributed by atoms with Gasteiger partial charge in [0.05, 0.1) is 11.4 Å². The molecule has 0 saturated heterocycles. The lowest BCUT2D eigenvalue weighted by Crippen LogP contribution is -2.33. The zero-order chi connectivity index (χ0) is 16.1. The molecule has 1 aromatic heterocycles. The van der Waals surface area contributed by atoms with Crippen LogP contribution in [-0.4, -0.2) is 39.1 Å². The number of benzene rings is 1. The summed E-state index contributed by atoms with van der Waals surface area (Å²) in [6, 6.07) is 9.21. The topological polar surface area (TPSA) is 118 Å². The molecule has 1 heterocycles.